The number of cyclic esters (lactones) is 1. The first-order chi connectivity index (χ1) is 5.57. The van der Waals surface area contributed by atoms with Crippen molar-refractivity contribution >= 4 is 5.97 Å². The summed E-state index contributed by atoms with van der Waals surface area (Å²) in [6, 6.07) is 0. The number of ether oxygens (including phenoxy) is 1. The predicted molar refractivity (Wildman–Crippen MR) is 39.9 cm³/mol. The molecule has 0 fully saturated rings. The minimum atomic E-state index is -1.48. The zero-order valence-corrected chi connectivity index (χ0v) is 9.93. The fourth-order valence-corrected chi connectivity index (χ4v) is 0.809. The Balaban J connectivity index is -0.000000480. The van der Waals surface area contributed by atoms with Gasteiger partial charge in [-0.05, 0) is 5.76 Å². The summed E-state index contributed by atoms with van der Waals surface area (Å²) in [7, 11) is 0. The molecule has 0 aromatic carbocycles. The molecule has 0 amide bonds. The number of aliphatic hydroxyl groups is 3. The fourth-order valence-electron chi connectivity index (χ4n) is 0.809. The number of rotatable bonds is 2. The molecule has 0 radical (unpaired) electrons. The maximum absolute atomic E-state index is 10.8. The molecule has 0 aromatic heterocycles. The van der Waals surface area contributed by atoms with E-state index in [1.54, 1.807) is 0 Å². The smallest absolute Gasteiger partial charge is 0.870 e. The third kappa shape index (κ3) is 3.95. The standard InChI is InChI=1S/C6H8O6.Na.2H2O/c7-1-2(8)5-3(9)4(10)6(11)12-5;;;/h2,5,7-10H,1H2;;2*1H2/q;+1;;/p-1/t2-,5+;;;/m0.../s1. The largest absolute Gasteiger partial charge is 1.00 e. The van der Waals surface area contributed by atoms with Crippen LogP contribution in [0, 0.1) is 0 Å². The predicted octanol–water partition coefficient (Wildman–Crippen LogP) is -7.25. The number of hydrogen-bond donors (Lipinski definition) is 3. The van der Waals surface area contributed by atoms with Crippen LogP contribution >= 0.6 is 0 Å². The van der Waals surface area contributed by atoms with Gasteiger partial charge in [0.15, 0.2) is 5.76 Å². The second-order valence-corrected chi connectivity index (χ2v) is 2.29. The van der Waals surface area contributed by atoms with Gasteiger partial charge in [-0.3, -0.25) is 0 Å². The molecular formula is C6H11NaO8. The molecule has 0 unspecified atom stereocenters. The first-order valence-corrected chi connectivity index (χ1v) is 3.18. The molecule has 84 valence electrons. The number of carbonyl (C=O) groups excluding carboxylic acids is 1. The molecule has 0 aliphatic carbocycles. The average molecular weight is 234 g/mol. The van der Waals surface area contributed by atoms with E-state index < -0.39 is 36.3 Å². The molecule has 0 bridgehead atoms. The van der Waals surface area contributed by atoms with Crippen molar-refractivity contribution in [2.24, 2.45) is 0 Å². The number of carbonyl (C=O) groups is 1. The van der Waals surface area contributed by atoms with Crippen LogP contribution in [0.4, 0.5) is 0 Å². The van der Waals surface area contributed by atoms with Gasteiger partial charge in [0, 0.05) is 0 Å². The Morgan fingerprint density at radius 1 is 1.47 bits per heavy atom. The second kappa shape index (κ2) is 7.88. The van der Waals surface area contributed by atoms with E-state index in [1.807, 2.05) is 0 Å². The Bertz CT molecular complexity index is 239. The van der Waals surface area contributed by atoms with Gasteiger partial charge in [-0.1, -0.05) is 0 Å². The summed E-state index contributed by atoms with van der Waals surface area (Å²) in [6.07, 6.45) is -2.95. The van der Waals surface area contributed by atoms with Gasteiger partial charge in [-0.2, -0.15) is 0 Å². The first kappa shape index (κ1) is 20.1. The summed E-state index contributed by atoms with van der Waals surface area (Å²) in [4.78, 5) is 10.5. The summed E-state index contributed by atoms with van der Waals surface area (Å²) >= 11 is 0. The third-order valence-corrected chi connectivity index (χ3v) is 1.46. The SMILES string of the molecule is O.O.O=C1O[C@H]([C@@H](O)CO)C([O-])=C1O.[Na+]. The van der Waals surface area contributed by atoms with E-state index in [0.717, 1.165) is 0 Å². The van der Waals surface area contributed by atoms with E-state index in [9.17, 15) is 9.90 Å². The molecule has 1 rings (SSSR count). The van der Waals surface area contributed by atoms with Crippen LogP contribution in [0.2, 0.25) is 0 Å². The average Bonchev–Trinajstić information content (AvgIpc) is 2.32. The minimum Gasteiger partial charge on any atom is -0.870 e. The summed E-state index contributed by atoms with van der Waals surface area (Å²) in [5.41, 5.74) is 0. The molecule has 8 nitrogen and oxygen atoms in total. The van der Waals surface area contributed by atoms with Crippen molar-refractivity contribution in [3.8, 4) is 0 Å². The van der Waals surface area contributed by atoms with Crippen molar-refractivity contribution in [3.05, 3.63) is 11.5 Å². The topological polar surface area (TPSA) is 173 Å². The molecule has 0 aromatic rings. The molecular weight excluding hydrogens is 223 g/mol. The van der Waals surface area contributed by atoms with Crippen LogP contribution in [0.15, 0.2) is 11.5 Å². The van der Waals surface area contributed by atoms with E-state index in [-0.39, 0.29) is 40.5 Å². The van der Waals surface area contributed by atoms with Crippen molar-refractivity contribution < 1.29 is 70.5 Å². The van der Waals surface area contributed by atoms with Gasteiger partial charge < -0.3 is 36.1 Å². The van der Waals surface area contributed by atoms with Gasteiger partial charge in [0.25, 0.3) is 0 Å². The van der Waals surface area contributed by atoms with Crippen molar-refractivity contribution in [1.29, 1.82) is 0 Å². The van der Waals surface area contributed by atoms with Gasteiger partial charge in [-0.15, -0.1) is 0 Å². The zero-order valence-electron chi connectivity index (χ0n) is 7.93. The molecule has 0 spiro atoms. The molecule has 0 saturated heterocycles. The quantitative estimate of drug-likeness (QED) is 0.316. The number of esters is 1. The first-order valence-electron chi connectivity index (χ1n) is 3.18. The molecule has 2 atom stereocenters. The van der Waals surface area contributed by atoms with E-state index in [4.69, 9.17) is 15.3 Å². The Hall–Kier alpha value is -0.350. The zero-order chi connectivity index (χ0) is 9.30. The monoisotopic (exact) mass is 234 g/mol. The van der Waals surface area contributed by atoms with Crippen LogP contribution in [0.1, 0.15) is 0 Å². The van der Waals surface area contributed by atoms with Gasteiger partial charge in [0.2, 0.25) is 0 Å². The summed E-state index contributed by atoms with van der Waals surface area (Å²) in [5, 5.41) is 36.8. The van der Waals surface area contributed by atoms with Gasteiger partial charge >= 0.3 is 35.5 Å². The summed E-state index contributed by atoms with van der Waals surface area (Å²) in [6.45, 7) is -0.711. The molecule has 0 saturated carbocycles. The molecule has 9 heteroatoms. The number of aliphatic hydroxyl groups excluding tert-OH is 3. The van der Waals surface area contributed by atoms with Crippen LogP contribution in [-0.4, -0.2) is 51.1 Å². The Morgan fingerprint density at radius 3 is 2.20 bits per heavy atom. The van der Waals surface area contributed by atoms with Crippen molar-refractivity contribution in [2.75, 3.05) is 6.61 Å². The Kier molecular flexibility index (Phi) is 10.6. The van der Waals surface area contributed by atoms with Crippen molar-refractivity contribution in [2.45, 2.75) is 12.2 Å². The molecule has 1 aliphatic heterocycles. The van der Waals surface area contributed by atoms with Gasteiger partial charge in [0.05, 0.1) is 6.61 Å². The molecule has 1 heterocycles. The van der Waals surface area contributed by atoms with Crippen LogP contribution in [0.25, 0.3) is 0 Å². The van der Waals surface area contributed by atoms with E-state index in [0.29, 0.717) is 0 Å². The van der Waals surface area contributed by atoms with Crippen LogP contribution in [0.3, 0.4) is 0 Å². The summed E-state index contributed by atoms with van der Waals surface area (Å²) < 4.78 is 4.25. The van der Waals surface area contributed by atoms with Crippen LogP contribution < -0.4 is 34.7 Å². The van der Waals surface area contributed by atoms with E-state index in [2.05, 4.69) is 4.74 Å². The fraction of sp³-hybridized carbons (Fsp3) is 0.500. The van der Waals surface area contributed by atoms with E-state index >= 15 is 0 Å². The Labute approximate surface area is 107 Å². The summed E-state index contributed by atoms with van der Waals surface area (Å²) in [5.74, 6) is -3.20. The van der Waals surface area contributed by atoms with E-state index in [1.165, 1.54) is 0 Å². The van der Waals surface area contributed by atoms with Gasteiger partial charge in [0.1, 0.15) is 12.2 Å². The second-order valence-electron chi connectivity index (χ2n) is 2.29. The normalized spacial score (nSPS) is 20.7. The third-order valence-electron chi connectivity index (χ3n) is 1.46. The minimum absolute atomic E-state index is 0. The maximum Gasteiger partial charge on any atom is 1.00 e. The Morgan fingerprint density at radius 2 is 1.93 bits per heavy atom. The number of hydrogen-bond acceptors (Lipinski definition) is 6. The molecule has 15 heavy (non-hydrogen) atoms. The van der Waals surface area contributed by atoms with Crippen LogP contribution in [0.5, 0.6) is 0 Å². The molecule has 7 N–H and O–H groups in total. The van der Waals surface area contributed by atoms with Crippen LogP contribution in [-0.2, 0) is 9.53 Å². The maximum atomic E-state index is 10.8. The van der Waals surface area contributed by atoms with Crippen molar-refractivity contribution in [1.82, 2.24) is 0 Å². The van der Waals surface area contributed by atoms with Crippen molar-refractivity contribution in [3.63, 3.8) is 0 Å². The van der Waals surface area contributed by atoms with Gasteiger partial charge in [-0.25, -0.2) is 4.79 Å². The molecule has 1 aliphatic rings.